The molecule has 0 aliphatic heterocycles. The van der Waals surface area contributed by atoms with E-state index < -0.39 is 82.1 Å². The number of nitrogens with two attached hydrogens (primary N) is 1. The maximum Gasteiger partial charge on any atom is 0.514 e. The third kappa shape index (κ3) is 19.5. The van der Waals surface area contributed by atoms with Gasteiger partial charge in [-0.05, 0) is 96.6 Å². The number of carbonyl (C=O) groups is 7. The number of amides is 6. The Balaban J connectivity index is 2.16. The van der Waals surface area contributed by atoms with E-state index in [1.807, 2.05) is 0 Å². The molecule has 0 radical (unpaired) electrons. The van der Waals surface area contributed by atoms with Crippen LogP contribution < -0.4 is 37.1 Å². The van der Waals surface area contributed by atoms with E-state index in [0.717, 1.165) is 0 Å². The van der Waals surface area contributed by atoms with E-state index in [9.17, 15) is 43.7 Å². The number of ether oxygens (including phenoxy) is 4. The molecule has 0 bridgehead atoms. The van der Waals surface area contributed by atoms with Crippen molar-refractivity contribution in [3.05, 3.63) is 64.2 Å². The number of esters is 1. The molecule has 3 atom stereocenters. The number of benzene rings is 2. The van der Waals surface area contributed by atoms with Crippen molar-refractivity contribution in [1.29, 1.82) is 0 Å². The second-order valence-electron chi connectivity index (χ2n) is 15.6. The van der Waals surface area contributed by atoms with Crippen LogP contribution in [0.4, 0.5) is 25.8 Å². The summed E-state index contributed by atoms with van der Waals surface area (Å²) in [6, 6.07) is 6.56. The molecule has 0 spiro atoms. The number of nitrogens with zero attached hydrogens (tertiary/aromatic N) is 1. The first-order chi connectivity index (χ1) is 27.4. The Morgan fingerprint density at radius 1 is 0.763 bits per heavy atom. The van der Waals surface area contributed by atoms with Crippen LogP contribution in [-0.4, -0.2) is 82.8 Å². The standard InChI is InChI=1S/C39H55N7O13/c1-23(2)31(45-33(49)29(44-36(52)59-39(6,7)8)19-20-30(47)58-38(3,4)5)34(50)43-28(10-9-21-41-35(40)51)32(48)42-25-13-11-24(12-14-25)22-56-37(53)57-27-17-15-26(16-18-27)46(54)55/h11-18,23,28-29,31H,9-10,19-22H2,1-8H3,(H,42,48)(H,43,50)(H,44,52)(H,45,49)(H3,40,41,51)/t28-,29-,31-/m0/s1. The number of alkyl carbamates (subject to hydrolysis) is 1. The molecule has 0 aliphatic rings. The average molecular weight is 830 g/mol. The van der Waals surface area contributed by atoms with E-state index in [2.05, 4.69) is 26.6 Å². The third-order valence-corrected chi connectivity index (χ3v) is 7.74. The van der Waals surface area contributed by atoms with Crippen LogP contribution in [0.15, 0.2) is 48.5 Å². The number of primary amides is 1. The number of hydrogen-bond acceptors (Lipinski definition) is 13. The van der Waals surface area contributed by atoms with Crippen molar-refractivity contribution in [2.75, 3.05) is 11.9 Å². The monoisotopic (exact) mass is 829 g/mol. The lowest BCUT2D eigenvalue weighted by Crippen LogP contribution is -2.58. The van der Waals surface area contributed by atoms with E-state index in [1.54, 1.807) is 67.5 Å². The van der Waals surface area contributed by atoms with Crippen LogP contribution in [0, 0.1) is 16.0 Å². The Hall–Kier alpha value is -6.47. The van der Waals surface area contributed by atoms with Gasteiger partial charge in [0.25, 0.3) is 5.69 Å². The molecule has 6 amide bonds. The molecule has 0 aliphatic carbocycles. The van der Waals surface area contributed by atoms with Gasteiger partial charge in [0.05, 0.1) is 4.92 Å². The molecule has 2 aromatic carbocycles. The van der Waals surface area contributed by atoms with Gasteiger partial charge in [0.15, 0.2) is 0 Å². The number of nitro benzene ring substituents is 1. The fourth-order valence-corrected chi connectivity index (χ4v) is 5.03. The Kier molecular flexibility index (Phi) is 18.5. The third-order valence-electron chi connectivity index (χ3n) is 7.74. The summed E-state index contributed by atoms with van der Waals surface area (Å²) in [6.07, 6.45) is -2.13. The van der Waals surface area contributed by atoms with Crippen LogP contribution in [0.1, 0.15) is 86.6 Å². The molecule has 2 aromatic rings. The average Bonchev–Trinajstić information content (AvgIpc) is 3.11. The molecular formula is C39H55N7O13. The summed E-state index contributed by atoms with van der Waals surface area (Å²) < 4.78 is 20.8. The van der Waals surface area contributed by atoms with Gasteiger partial charge in [-0.3, -0.25) is 29.3 Å². The lowest BCUT2D eigenvalue weighted by molar-refractivity contribution is -0.384. The maximum absolute atomic E-state index is 13.8. The molecule has 0 aromatic heterocycles. The Labute approximate surface area is 342 Å². The molecule has 59 heavy (non-hydrogen) atoms. The van der Waals surface area contributed by atoms with Crippen molar-refractivity contribution < 1.29 is 57.4 Å². The number of hydrogen-bond donors (Lipinski definition) is 6. The molecule has 2 rings (SSSR count). The van der Waals surface area contributed by atoms with Gasteiger partial charge >= 0.3 is 24.2 Å². The second kappa shape index (κ2) is 22.5. The quantitative estimate of drug-likeness (QED) is 0.0287. The van der Waals surface area contributed by atoms with Gasteiger partial charge in [0, 0.05) is 30.8 Å². The van der Waals surface area contributed by atoms with Gasteiger partial charge in [0.1, 0.15) is 41.7 Å². The predicted molar refractivity (Wildman–Crippen MR) is 213 cm³/mol. The highest BCUT2D eigenvalue weighted by atomic mass is 16.7. The number of anilines is 1. The summed E-state index contributed by atoms with van der Waals surface area (Å²) in [7, 11) is 0. The molecule has 0 heterocycles. The molecule has 7 N–H and O–H groups in total. The van der Waals surface area contributed by atoms with Crippen LogP contribution in [0.3, 0.4) is 0 Å². The lowest BCUT2D eigenvalue weighted by atomic mass is 10.0. The van der Waals surface area contributed by atoms with Crippen LogP contribution in [0.5, 0.6) is 5.75 Å². The fourth-order valence-electron chi connectivity index (χ4n) is 5.03. The maximum atomic E-state index is 13.8. The van der Waals surface area contributed by atoms with E-state index in [1.165, 1.54) is 36.4 Å². The van der Waals surface area contributed by atoms with Gasteiger partial charge in [-0.25, -0.2) is 14.4 Å². The van der Waals surface area contributed by atoms with Crippen LogP contribution in [0.2, 0.25) is 0 Å². The summed E-state index contributed by atoms with van der Waals surface area (Å²) in [5.74, 6) is -3.24. The zero-order chi connectivity index (χ0) is 44.5. The molecule has 20 nitrogen and oxygen atoms in total. The zero-order valence-electron chi connectivity index (χ0n) is 34.5. The van der Waals surface area contributed by atoms with Crippen molar-refractivity contribution >= 4 is 53.3 Å². The normalized spacial score (nSPS) is 12.8. The minimum Gasteiger partial charge on any atom is -0.460 e. The van der Waals surface area contributed by atoms with Crippen LogP contribution >= 0.6 is 0 Å². The van der Waals surface area contributed by atoms with Crippen molar-refractivity contribution in [3.63, 3.8) is 0 Å². The van der Waals surface area contributed by atoms with Gasteiger partial charge < -0.3 is 51.3 Å². The van der Waals surface area contributed by atoms with E-state index in [4.69, 9.17) is 24.7 Å². The number of nitro groups is 1. The molecule has 0 saturated heterocycles. The second-order valence-corrected chi connectivity index (χ2v) is 15.6. The van der Waals surface area contributed by atoms with Crippen molar-refractivity contribution in [2.24, 2.45) is 11.7 Å². The predicted octanol–water partition coefficient (Wildman–Crippen LogP) is 4.34. The first kappa shape index (κ1) is 48.7. The highest BCUT2D eigenvalue weighted by molar-refractivity contribution is 5.99. The minimum absolute atomic E-state index is 0.0398. The van der Waals surface area contributed by atoms with Crippen LogP contribution in [-0.2, 0) is 40.0 Å². The van der Waals surface area contributed by atoms with Gasteiger partial charge in [0.2, 0.25) is 17.7 Å². The summed E-state index contributed by atoms with van der Waals surface area (Å²) in [4.78, 5) is 99.7. The zero-order valence-corrected chi connectivity index (χ0v) is 34.5. The highest BCUT2D eigenvalue weighted by Crippen LogP contribution is 2.19. The number of carbonyl (C=O) groups excluding carboxylic acids is 7. The Morgan fingerprint density at radius 2 is 1.36 bits per heavy atom. The number of nitrogens with one attached hydrogen (secondary N) is 5. The molecule has 0 fully saturated rings. The van der Waals surface area contributed by atoms with E-state index in [0.29, 0.717) is 11.3 Å². The van der Waals surface area contributed by atoms with Crippen molar-refractivity contribution in [3.8, 4) is 5.75 Å². The van der Waals surface area contributed by atoms with Gasteiger partial charge in [-0.2, -0.15) is 0 Å². The molecular weight excluding hydrogens is 774 g/mol. The van der Waals surface area contributed by atoms with E-state index in [-0.39, 0.29) is 50.3 Å². The SMILES string of the molecule is CC(C)[C@H](NC(=O)[C@H](CCC(=O)OC(C)(C)C)NC(=O)OC(C)(C)C)C(=O)N[C@@H](CCCNC(N)=O)C(=O)Nc1ccc(COC(=O)Oc2ccc([N+](=O)[O-])cc2)cc1. The molecule has 0 unspecified atom stereocenters. The highest BCUT2D eigenvalue weighted by Gasteiger charge is 2.33. The Bertz CT molecular complexity index is 1790. The largest absolute Gasteiger partial charge is 0.514 e. The topological polar surface area (TPSA) is 286 Å². The van der Waals surface area contributed by atoms with Crippen molar-refractivity contribution in [1.82, 2.24) is 21.3 Å². The number of urea groups is 1. The minimum atomic E-state index is -1.31. The summed E-state index contributed by atoms with van der Waals surface area (Å²) in [5.41, 5.74) is 4.14. The summed E-state index contributed by atoms with van der Waals surface area (Å²) in [6.45, 7) is 13.2. The molecule has 324 valence electrons. The number of non-ortho nitro benzene ring substituents is 1. The smallest absolute Gasteiger partial charge is 0.460 e. The molecule has 0 saturated carbocycles. The van der Waals surface area contributed by atoms with Crippen LogP contribution in [0.25, 0.3) is 0 Å². The summed E-state index contributed by atoms with van der Waals surface area (Å²) in [5, 5.41) is 23.7. The van der Waals surface area contributed by atoms with E-state index >= 15 is 0 Å². The van der Waals surface area contributed by atoms with Crippen molar-refractivity contribution in [2.45, 2.75) is 117 Å². The van der Waals surface area contributed by atoms with Gasteiger partial charge in [-0.1, -0.05) is 26.0 Å². The molecule has 20 heteroatoms. The summed E-state index contributed by atoms with van der Waals surface area (Å²) >= 11 is 0. The first-order valence-corrected chi connectivity index (χ1v) is 18.8. The lowest BCUT2D eigenvalue weighted by Gasteiger charge is -2.28. The fraction of sp³-hybridized carbons (Fsp3) is 0.513. The Morgan fingerprint density at radius 3 is 1.90 bits per heavy atom. The van der Waals surface area contributed by atoms with Gasteiger partial charge in [-0.15, -0.1) is 0 Å². The number of rotatable bonds is 19. The first-order valence-electron chi connectivity index (χ1n) is 18.8.